The minimum atomic E-state index is -1.03. The number of alkyl halides is 1. The Balaban J connectivity index is 2.30. The average molecular weight is 224 g/mol. The van der Waals surface area contributed by atoms with E-state index in [0.29, 0.717) is 0 Å². The van der Waals surface area contributed by atoms with Gasteiger partial charge in [0.25, 0.3) is 0 Å². The van der Waals surface area contributed by atoms with E-state index in [1.54, 1.807) is 11.3 Å². The first-order chi connectivity index (χ1) is 6.81. The van der Waals surface area contributed by atoms with Gasteiger partial charge in [0.05, 0.1) is 0 Å². The molecule has 0 saturated heterocycles. The van der Waals surface area contributed by atoms with E-state index in [1.807, 2.05) is 29.6 Å². The zero-order valence-corrected chi connectivity index (χ0v) is 9.08. The lowest BCUT2D eigenvalue weighted by Crippen LogP contribution is -1.77. The lowest BCUT2D eigenvalue weighted by molar-refractivity contribution is 0.421. The van der Waals surface area contributed by atoms with E-state index < -0.39 is 6.17 Å². The number of thiophene rings is 2. The van der Waals surface area contributed by atoms with Crippen LogP contribution >= 0.6 is 22.7 Å². The summed E-state index contributed by atoms with van der Waals surface area (Å²) in [7, 11) is 0. The van der Waals surface area contributed by atoms with Gasteiger partial charge in [0.15, 0.2) is 6.17 Å². The van der Waals surface area contributed by atoms with Gasteiger partial charge < -0.3 is 0 Å². The normalized spacial score (nSPS) is 12.6. The van der Waals surface area contributed by atoms with Crippen LogP contribution in [0.25, 0.3) is 9.75 Å². The third kappa shape index (κ3) is 1.79. The fraction of sp³-hybridized carbons (Fsp3) is 0.0909. The smallest absolute Gasteiger partial charge is 0.152 e. The van der Waals surface area contributed by atoms with E-state index in [9.17, 15) is 4.39 Å². The molecule has 0 aliphatic heterocycles. The van der Waals surface area contributed by atoms with E-state index in [-0.39, 0.29) is 0 Å². The van der Waals surface area contributed by atoms with Crippen LogP contribution in [-0.2, 0) is 0 Å². The second-order valence-electron chi connectivity index (χ2n) is 2.82. The van der Waals surface area contributed by atoms with Crippen LogP contribution in [0.15, 0.2) is 42.3 Å². The van der Waals surface area contributed by atoms with Gasteiger partial charge in [-0.25, -0.2) is 4.39 Å². The molecular formula is C11H9FS2. The maximum atomic E-state index is 13.2. The van der Waals surface area contributed by atoms with Crippen LogP contribution in [0.5, 0.6) is 0 Å². The molecule has 0 spiro atoms. The van der Waals surface area contributed by atoms with Gasteiger partial charge in [-0.05, 0) is 23.6 Å². The van der Waals surface area contributed by atoms with Gasteiger partial charge in [0.1, 0.15) is 0 Å². The Morgan fingerprint density at radius 3 is 2.79 bits per heavy atom. The lowest BCUT2D eigenvalue weighted by atomic mass is 10.3. The Morgan fingerprint density at radius 1 is 1.29 bits per heavy atom. The molecule has 0 aromatic carbocycles. The van der Waals surface area contributed by atoms with Crippen LogP contribution in [0.1, 0.15) is 11.0 Å². The summed E-state index contributed by atoms with van der Waals surface area (Å²) in [5.41, 5.74) is 0. The van der Waals surface area contributed by atoms with E-state index in [2.05, 4.69) is 6.58 Å². The van der Waals surface area contributed by atoms with Crippen LogP contribution < -0.4 is 0 Å². The van der Waals surface area contributed by atoms with Gasteiger partial charge in [0.2, 0.25) is 0 Å². The highest BCUT2D eigenvalue weighted by atomic mass is 32.1. The Kier molecular flexibility index (Phi) is 2.79. The number of hydrogen-bond acceptors (Lipinski definition) is 2. The molecule has 1 atom stereocenters. The first kappa shape index (κ1) is 9.62. The van der Waals surface area contributed by atoms with Gasteiger partial charge in [-0.1, -0.05) is 18.7 Å². The van der Waals surface area contributed by atoms with Gasteiger partial charge >= 0.3 is 0 Å². The molecule has 0 fully saturated rings. The Morgan fingerprint density at radius 2 is 2.14 bits per heavy atom. The molecule has 2 rings (SSSR count). The molecule has 1 unspecified atom stereocenters. The van der Waals surface area contributed by atoms with Crippen molar-refractivity contribution in [1.82, 2.24) is 0 Å². The zero-order valence-electron chi connectivity index (χ0n) is 7.44. The van der Waals surface area contributed by atoms with Crippen molar-refractivity contribution in [2.75, 3.05) is 0 Å². The van der Waals surface area contributed by atoms with Gasteiger partial charge in [-0.2, -0.15) is 0 Å². The van der Waals surface area contributed by atoms with Crippen molar-refractivity contribution in [3.8, 4) is 9.75 Å². The van der Waals surface area contributed by atoms with Crippen molar-refractivity contribution < 1.29 is 4.39 Å². The molecular weight excluding hydrogens is 215 g/mol. The summed E-state index contributed by atoms with van der Waals surface area (Å²) in [4.78, 5) is 3.04. The molecule has 0 amide bonds. The zero-order chi connectivity index (χ0) is 9.97. The van der Waals surface area contributed by atoms with E-state index in [1.165, 1.54) is 22.3 Å². The SMILES string of the molecule is C=CC(F)c1ccc(-c2cccs2)s1. The molecule has 0 bridgehead atoms. The molecule has 0 aliphatic carbocycles. The number of hydrogen-bond donors (Lipinski definition) is 0. The average Bonchev–Trinajstić information content (AvgIpc) is 2.86. The Bertz CT molecular complexity index is 414. The summed E-state index contributed by atoms with van der Waals surface area (Å²) in [5.74, 6) is 0. The van der Waals surface area contributed by atoms with Crippen LogP contribution in [0, 0.1) is 0 Å². The van der Waals surface area contributed by atoms with Gasteiger partial charge in [-0.3, -0.25) is 0 Å². The second-order valence-corrected chi connectivity index (χ2v) is 4.88. The third-order valence-corrected chi connectivity index (χ3v) is 4.07. The molecule has 2 heterocycles. The monoisotopic (exact) mass is 224 g/mol. The van der Waals surface area contributed by atoms with Crippen molar-refractivity contribution in [2.45, 2.75) is 6.17 Å². The topological polar surface area (TPSA) is 0 Å². The minimum Gasteiger partial charge on any atom is -0.237 e. The second kappa shape index (κ2) is 4.07. The summed E-state index contributed by atoms with van der Waals surface area (Å²) in [5, 5.41) is 2.02. The maximum absolute atomic E-state index is 13.2. The molecule has 0 nitrogen and oxygen atoms in total. The minimum absolute atomic E-state index is 0.725. The molecule has 72 valence electrons. The number of rotatable bonds is 3. The largest absolute Gasteiger partial charge is 0.237 e. The van der Waals surface area contributed by atoms with Crippen molar-refractivity contribution in [1.29, 1.82) is 0 Å². The van der Waals surface area contributed by atoms with Crippen molar-refractivity contribution in [3.05, 3.63) is 47.2 Å². The highest BCUT2D eigenvalue weighted by molar-refractivity contribution is 7.21. The van der Waals surface area contributed by atoms with Crippen LogP contribution in [0.2, 0.25) is 0 Å². The quantitative estimate of drug-likeness (QED) is 0.664. The Labute approximate surface area is 90.3 Å². The molecule has 0 saturated carbocycles. The van der Waals surface area contributed by atoms with E-state index in [4.69, 9.17) is 0 Å². The van der Waals surface area contributed by atoms with Gasteiger partial charge in [-0.15, -0.1) is 22.7 Å². The molecule has 14 heavy (non-hydrogen) atoms. The Hall–Kier alpha value is -0.930. The number of allylic oxidation sites excluding steroid dienone is 1. The van der Waals surface area contributed by atoms with E-state index >= 15 is 0 Å². The number of halogens is 1. The first-order valence-corrected chi connectivity index (χ1v) is 5.91. The van der Waals surface area contributed by atoms with Crippen LogP contribution in [-0.4, -0.2) is 0 Å². The molecule has 2 aromatic rings. The lowest BCUT2D eigenvalue weighted by Gasteiger charge is -1.95. The fourth-order valence-electron chi connectivity index (χ4n) is 1.17. The summed E-state index contributed by atoms with van der Waals surface area (Å²) < 4.78 is 13.2. The first-order valence-electron chi connectivity index (χ1n) is 4.21. The fourth-order valence-corrected chi connectivity index (χ4v) is 2.99. The highest BCUT2D eigenvalue weighted by Gasteiger charge is 2.09. The molecule has 2 aromatic heterocycles. The highest BCUT2D eigenvalue weighted by Crippen LogP contribution is 2.35. The van der Waals surface area contributed by atoms with Gasteiger partial charge in [0, 0.05) is 14.6 Å². The summed E-state index contributed by atoms with van der Waals surface area (Å²) in [6.07, 6.45) is 0.290. The summed E-state index contributed by atoms with van der Waals surface area (Å²) in [6, 6.07) is 7.83. The molecule has 3 heteroatoms. The molecule has 0 aliphatic rings. The maximum Gasteiger partial charge on any atom is 0.152 e. The van der Waals surface area contributed by atoms with Crippen molar-refractivity contribution >= 4 is 22.7 Å². The molecule has 0 radical (unpaired) electrons. The third-order valence-electron chi connectivity index (χ3n) is 1.87. The summed E-state index contributed by atoms with van der Waals surface area (Å²) >= 11 is 3.16. The molecule has 0 N–H and O–H groups in total. The predicted octanol–water partition coefficient (Wildman–Crippen LogP) is 4.67. The summed E-state index contributed by atoms with van der Waals surface area (Å²) in [6.45, 7) is 3.44. The van der Waals surface area contributed by atoms with E-state index in [0.717, 1.165) is 9.75 Å². The van der Waals surface area contributed by atoms with Crippen molar-refractivity contribution in [3.63, 3.8) is 0 Å². The predicted molar refractivity (Wildman–Crippen MR) is 61.7 cm³/mol. The van der Waals surface area contributed by atoms with Crippen molar-refractivity contribution in [2.24, 2.45) is 0 Å². The standard InChI is InChI=1S/C11H9FS2/c1-2-8(12)9-5-6-11(14-9)10-4-3-7-13-10/h2-8H,1H2. The van der Waals surface area contributed by atoms with Crippen LogP contribution in [0.4, 0.5) is 4.39 Å². The van der Waals surface area contributed by atoms with Crippen LogP contribution in [0.3, 0.4) is 0 Å².